The van der Waals surface area contributed by atoms with E-state index >= 15 is 8.78 Å². The first-order valence-electron chi connectivity index (χ1n) is 31.6. The van der Waals surface area contributed by atoms with Crippen LogP contribution in [0, 0.1) is 37.1 Å². The van der Waals surface area contributed by atoms with E-state index in [9.17, 15) is 32.2 Å². The fraction of sp³-hybridized carbons (Fsp3) is 0.324. The van der Waals surface area contributed by atoms with E-state index in [1.807, 2.05) is 65.8 Å². The lowest BCUT2D eigenvalue weighted by molar-refractivity contribution is 0.0934. The summed E-state index contributed by atoms with van der Waals surface area (Å²) in [7, 11) is 0.514. The van der Waals surface area contributed by atoms with Crippen molar-refractivity contribution in [1.29, 1.82) is 0 Å². The molecule has 496 valence electrons. The summed E-state index contributed by atoms with van der Waals surface area (Å²) in [5.41, 5.74) is 6.78. The second-order valence-electron chi connectivity index (χ2n) is 24.5. The highest BCUT2D eigenvalue weighted by Crippen LogP contribution is 2.42. The first-order valence-corrected chi connectivity index (χ1v) is 33.2. The Balaban J connectivity index is 0.000000176. The highest BCUT2D eigenvalue weighted by molar-refractivity contribution is 7.84. The van der Waals surface area contributed by atoms with Crippen LogP contribution in [0.1, 0.15) is 94.6 Å². The number of piperidine rings is 1. The largest absolute Gasteiger partial charge is 0.351 e. The number of likely N-dealkylation sites (N-methyl/N-ethyl adjacent to an activating group) is 1. The molecule has 4 aliphatic rings. The molecule has 6 aromatic carbocycles. The lowest BCUT2D eigenvalue weighted by atomic mass is 9.97. The Labute approximate surface area is 553 Å². The number of aromatic nitrogens is 4. The second-order valence-corrected chi connectivity index (χ2v) is 25.8. The van der Waals surface area contributed by atoms with Gasteiger partial charge in [-0.05, 0) is 132 Å². The van der Waals surface area contributed by atoms with Gasteiger partial charge in [-0.25, -0.2) is 51.9 Å². The molecule has 1 atom stereocenters. The Kier molecular flexibility index (Phi) is 22.1. The molecule has 95 heavy (non-hydrogen) atoms. The third-order valence-corrected chi connectivity index (χ3v) is 17.3. The summed E-state index contributed by atoms with van der Waals surface area (Å²) in [4.78, 5) is 79.0. The monoisotopic (exact) mass is 1310 g/mol. The number of rotatable bonds is 15. The zero-order valence-electron chi connectivity index (χ0n) is 54.4. The number of hydrogen-bond donors (Lipinski definition) is 5. The summed E-state index contributed by atoms with van der Waals surface area (Å²) >= 11 is 0. The van der Waals surface area contributed by atoms with E-state index in [0.29, 0.717) is 44.8 Å². The Morgan fingerprint density at radius 1 is 0.558 bits per heavy atom. The fourth-order valence-electron chi connectivity index (χ4n) is 11.6. The number of nitrogens with zero attached hydrogens (tertiary/aromatic N) is 9. The van der Waals surface area contributed by atoms with E-state index in [1.54, 1.807) is 30.3 Å². The molecule has 5 N–H and O–H groups in total. The first kappa shape index (κ1) is 68.4. The van der Waals surface area contributed by atoms with Gasteiger partial charge in [0.05, 0.1) is 35.3 Å². The van der Waals surface area contributed by atoms with E-state index in [0.717, 1.165) is 84.2 Å². The molecule has 0 spiro atoms. The van der Waals surface area contributed by atoms with Gasteiger partial charge in [-0.2, -0.15) is 4.98 Å². The SMILES string of the molecule is CN1CCN(Cc2ccccc2)CC1.Cc1ccc(C(=O)NC(C)C)cc1-c1nc(NC2CCN(Cc3ccccc3)CC2)nc2c1CNC(=O)N2c1c(F)cccc1F.Cc1ccc(C(=O)NC(C)C)cc1-c1nc(S(C)=O)nc2c1CNC(=O)N2c1c(F)cccc1F. The summed E-state index contributed by atoms with van der Waals surface area (Å²) in [6.45, 7) is 19.7. The number of piperazine rings is 1. The van der Waals surface area contributed by atoms with Crippen molar-refractivity contribution in [2.45, 2.75) is 104 Å². The van der Waals surface area contributed by atoms with Crippen LogP contribution in [-0.2, 0) is 37.0 Å². The molecule has 12 rings (SSSR count). The number of halogens is 4. The molecule has 0 radical (unpaired) electrons. The zero-order valence-corrected chi connectivity index (χ0v) is 55.2. The van der Waals surface area contributed by atoms with Crippen molar-refractivity contribution in [3.05, 3.63) is 201 Å². The van der Waals surface area contributed by atoms with Crippen LogP contribution in [0.4, 0.5) is 56.1 Å². The minimum absolute atomic E-state index is 0.0332. The van der Waals surface area contributed by atoms with Gasteiger partial charge >= 0.3 is 12.1 Å². The van der Waals surface area contributed by atoms with Gasteiger partial charge in [0, 0.05) is 110 Å². The smallest absolute Gasteiger partial charge is 0.328 e. The topological polar surface area (TPSA) is 213 Å². The quantitative estimate of drug-likeness (QED) is 0.0478. The van der Waals surface area contributed by atoms with Gasteiger partial charge in [0.2, 0.25) is 11.1 Å². The molecule has 8 aromatic rings. The number of fused-ring (bicyclic) bond motifs is 2. The van der Waals surface area contributed by atoms with Crippen LogP contribution in [0.5, 0.6) is 0 Å². The maximum Gasteiger partial charge on any atom is 0.328 e. The average molecular weight is 1320 g/mol. The number of aryl methyl sites for hydroxylation is 2. The third kappa shape index (κ3) is 16.5. The standard InChI is InChI=1S/C35H37F2N7O2.C24H23F2N5O3S.C12H18N2/c1-21(2)39-33(45)24-13-12-22(3)26(18-24)30-27-19-38-35(46)44(31-28(36)10-7-11-29(31)37)32(27)42-34(41-30)40-25-14-16-43(17-15-25)20-23-8-5-4-6-9-23;1-12(2)28-22(32)14-9-8-13(3)15(10-14)19-16-11-27-24(33)31(20-17(25)6-5-7-18(20)26)21(16)30-23(29-19)35(4)34;1-13-7-9-14(10-8-13)11-12-5-3-2-4-6-12/h4-13,18,21,25H,14-17,19-20H2,1-3H3,(H,38,46)(H,39,45)(H,40,41,42);5-10,12H,11H2,1-4H3,(H,27,33)(H,28,32);2-6H,7-11H2,1H3. The van der Waals surface area contributed by atoms with Crippen LogP contribution >= 0.6 is 0 Å². The van der Waals surface area contributed by atoms with Crippen LogP contribution < -0.4 is 36.4 Å². The predicted molar refractivity (Wildman–Crippen MR) is 361 cm³/mol. The number of anilines is 5. The summed E-state index contributed by atoms with van der Waals surface area (Å²) in [5.74, 6) is -3.99. The molecule has 24 heteroatoms. The highest BCUT2D eigenvalue weighted by Gasteiger charge is 2.37. The number of nitrogens with one attached hydrogen (secondary N) is 5. The van der Waals surface area contributed by atoms with E-state index < -0.39 is 57.5 Å². The molecule has 0 saturated carbocycles. The normalized spacial score (nSPS) is 15.5. The van der Waals surface area contributed by atoms with Crippen LogP contribution in [-0.4, -0.2) is 133 Å². The number of urea groups is 2. The van der Waals surface area contributed by atoms with Crippen molar-refractivity contribution in [1.82, 2.24) is 55.9 Å². The van der Waals surface area contributed by atoms with Gasteiger partial charge in [0.25, 0.3) is 11.8 Å². The molecule has 6 heterocycles. The minimum atomic E-state index is -1.68. The molecule has 2 fully saturated rings. The van der Waals surface area contributed by atoms with Gasteiger partial charge < -0.3 is 31.5 Å². The Morgan fingerprint density at radius 3 is 1.41 bits per heavy atom. The lowest BCUT2D eigenvalue weighted by Crippen LogP contribution is -2.43. The highest BCUT2D eigenvalue weighted by atomic mass is 32.2. The number of likely N-dealkylation sites (tertiary alicyclic amines) is 1. The number of carbonyl (C=O) groups excluding carboxylic acids is 4. The molecule has 2 aromatic heterocycles. The molecule has 19 nitrogen and oxygen atoms in total. The zero-order chi connectivity index (χ0) is 67.6. The van der Waals surface area contributed by atoms with Crippen molar-refractivity contribution < 1.29 is 40.9 Å². The van der Waals surface area contributed by atoms with E-state index in [2.05, 4.69) is 101 Å². The predicted octanol–water partition coefficient (Wildman–Crippen LogP) is 11.7. The van der Waals surface area contributed by atoms with E-state index in [1.165, 1.54) is 55.7 Å². The van der Waals surface area contributed by atoms with Crippen molar-refractivity contribution in [2.24, 2.45) is 0 Å². The second kappa shape index (κ2) is 30.7. The number of benzene rings is 6. The Hall–Kier alpha value is -9.49. The van der Waals surface area contributed by atoms with Crippen LogP contribution in [0.3, 0.4) is 0 Å². The first-order chi connectivity index (χ1) is 45.6. The third-order valence-electron chi connectivity index (χ3n) is 16.6. The molecular formula is C71H78F4N14O5S. The fourth-order valence-corrected chi connectivity index (χ4v) is 12.0. The van der Waals surface area contributed by atoms with Crippen LogP contribution in [0.25, 0.3) is 22.5 Å². The maximum absolute atomic E-state index is 15.1. The van der Waals surface area contributed by atoms with Gasteiger partial charge in [-0.1, -0.05) is 84.9 Å². The van der Waals surface area contributed by atoms with Crippen molar-refractivity contribution in [3.8, 4) is 22.5 Å². The van der Waals surface area contributed by atoms with Gasteiger partial charge in [-0.15, -0.1) is 0 Å². The molecule has 4 aliphatic heterocycles. The molecule has 1 unspecified atom stereocenters. The molecule has 0 aliphatic carbocycles. The van der Waals surface area contributed by atoms with Crippen LogP contribution in [0.2, 0.25) is 0 Å². The molecule has 6 amide bonds. The minimum Gasteiger partial charge on any atom is -0.351 e. The Bertz CT molecular complexity index is 4090. The average Bonchev–Trinajstić information content (AvgIpc) is 0.779. The summed E-state index contributed by atoms with van der Waals surface area (Å²) in [6, 6.07) is 36.6. The summed E-state index contributed by atoms with van der Waals surface area (Å²) < 4.78 is 72.0. The molecule has 0 bridgehead atoms. The van der Waals surface area contributed by atoms with E-state index in [-0.39, 0.29) is 65.8 Å². The van der Waals surface area contributed by atoms with Gasteiger partial charge in [0.1, 0.15) is 34.6 Å². The van der Waals surface area contributed by atoms with Crippen LogP contribution in [0.15, 0.2) is 139 Å². The van der Waals surface area contributed by atoms with E-state index in [4.69, 9.17) is 9.97 Å². The Morgan fingerprint density at radius 2 is 0.979 bits per heavy atom. The number of amides is 6. The molecule has 2 saturated heterocycles. The van der Waals surface area contributed by atoms with Crippen molar-refractivity contribution in [2.75, 3.05) is 67.7 Å². The lowest BCUT2D eigenvalue weighted by Gasteiger charge is -2.34. The maximum atomic E-state index is 15.1. The number of carbonyl (C=O) groups is 4. The van der Waals surface area contributed by atoms with Gasteiger partial charge in [-0.3, -0.25) is 23.6 Å². The van der Waals surface area contributed by atoms with Crippen molar-refractivity contribution in [3.63, 3.8) is 0 Å². The number of para-hydroxylation sites is 2. The number of hydrogen-bond acceptors (Lipinski definition) is 13. The summed E-state index contributed by atoms with van der Waals surface area (Å²) in [5, 5.41) is 14.4. The summed E-state index contributed by atoms with van der Waals surface area (Å²) in [6.07, 6.45) is 3.03. The molecular weight excluding hydrogens is 1240 g/mol. The van der Waals surface area contributed by atoms with Gasteiger partial charge in [0.15, 0.2) is 11.6 Å². The van der Waals surface area contributed by atoms with Crippen molar-refractivity contribution >= 4 is 63.6 Å².